The number of benzene rings is 2. The summed E-state index contributed by atoms with van der Waals surface area (Å²) in [7, 11) is 0. The lowest BCUT2D eigenvalue weighted by Gasteiger charge is -2.38. The predicted octanol–water partition coefficient (Wildman–Crippen LogP) is 4.57. The van der Waals surface area contributed by atoms with E-state index in [-0.39, 0.29) is 35.3 Å². The molecular formula is C24H27ClN4O5. The predicted molar refractivity (Wildman–Crippen MR) is 129 cm³/mol. The van der Waals surface area contributed by atoms with Gasteiger partial charge in [-0.15, -0.1) is 0 Å². The van der Waals surface area contributed by atoms with Crippen molar-refractivity contribution in [2.24, 2.45) is 5.10 Å². The van der Waals surface area contributed by atoms with Gasteiger partial charge in [0.05, 0.1) is 10.6 Å². The average molecular weight is 487 g/mol. The zero-order valence-corrected chi connectivity index (χ0v) is 20.0. The number of likely N-dealkylation sites (tertiary alicyclic amines) is 1. The number of nitro benzene ring substituents is 1. The fourth-order valence-electron chi connectivity index (χ4n) is 3.98. The fraction of sp³-hybridized carbons (Fsp3) is 0.375. The van der Waals surface area contributed by atoms with E-state index < -0.39 is 10.8 Å². The second-order valence-corrected chi connectivity index (χ2v) is 8.71. The molecule has 2 aromatic rings. The summed E-state index contributed by atoms with van der Waals surface area (Å²) >= 11 is 5.83. The average Bonchev–Trinajstić information content (AvgIpc) is 2.81. The molecule has 9 nitrogen and oxygen atoms in total. The second-order valence-electron chi connectivity index (χ2n) is 8.30. The van der Waals surface area contributed by atoms with Crippen LogP contribution in [0.25, 0.3) is 0 Å². The van der Waals surface area contributed by atoms with E-state index in [0.717, 1.165) is 19.3 Å². The molecule has 1 saturated heterocycles. The number of amides is 2. The van der Waals surface area contributed by atoms with E-state index in [2.05, 4.69) is 24.4 Å². The molecule has 0 radical (unpaired) electrons. The SMILES string of the molecule is CC(=NNC(=O)c1ccc(OCC(=O)N2C(C)CCCC2C)cc1)c1ccc(Cl)c([N+](=O)[O-])c1. The van der Waals surface area contributed by atoms with Crippen LogP contribution in [0.5, 0.6) is 5.75 Å². The first-order valence-corrected chi connectivity index (χ1v) is 11.4. The van der Waals surface area contributed by atoms with E-state index in [1.807, 2.05) is 4.90 Å². The van der Waals surface area contributed by atoms with Crippen LogP contribution in [-0.4, -0.2) is 46.0 Å². The van der Waals surface area contributed by atoms with Crippen LogP contribution in [0.2, 0.25) is 5.02 Å². The van der Waals surface area contributed by atoms with Gasteiger partial charge in [0.2, 0.25) is 0 Å². The largest absolute Gasteiger partial charge is 0.484 e. The van der Waals surface area contributed by atoms with Gasteiger partial charge < -0.3 is 9.64 Å². The maximum absolute atomic E-state index is 12.6. The van der Waals surface area contributed by atoms with E-state index in [9.17, 15) is 19.7 Å². The summed E-state index contributed by atoms with van der Waals surface area (Å²) < 4.78 is 5.63. The molecule has 2 unspecified atom stereocenters. The van der Waals surface area contributed by atoms with Gasteiger partial charge in [0.25, 0.3) is 17.5 Å². The van der Waals surface area contributed by atoms with Crippen molar-refractivity contribution in [3.05, 3.63) is 68.7 Å². The van der Waals surface area contributed by atoms with Crippen molar-refractivity contribution in [3.8, 4) is 5.75 Å². The number of ether oxygens (including phenoxy) is 1. The van der Waals surface area contributed by atoms with E-state index in [0.29, 0.717) is 22.6 Å². The number of rotatable bonds is 7. The molecule has 1 fully saturated rings. The van der Waals surface area contributed by atoms with E-state index in [4.69, 9.17) is 16.3 Å². The number of nitrogens with zero attached hydrogens (tertiary/aromatic N) is 3. The minimum Gasteiger partial charge on any atom is -0.484 e. The first kappa shape index (κ1) is 25.2. The molecule has 34 heavy (non-hydrogen) atoms. The molecule has 1 aliphatic heterocycles. The highest BCUT2D eigenvalue weighted by molar-refractivity contribution is 6.32. The van der Waals surface area contributed by atoms with Gasteiger partial charge in [0.15, 0.2) is 6.61 Å². The summed E-state index contributed by atoms with van der Waals surface area (Å²) in [6.45, 7) is 5.67. The molecule has 180 valence electrons. The summed E-state index contributed by atoms with van der Waals surface area (Å²) in [5.74, 6) is -0.0226. The zero-order chi connectivity index (χ0) is 24.8. The normalized spacial score (nSPS) is 18.4. The van der Waals surface area contributed by atoms with Gasteiger partial charge in [-0.1, -0.05) is 17.7 Å². The van der Waals surface area contributed by atoms with Crippen molar-refractivity contribution < 1.29 is 19.2 Å². The molecule has 0 saturated carbocycles. The lowest BCUT2D eigenvalue weighted by molar-refractivity contribution is -0.384. The number of hydrazone groups is 1. The Balaban J connectivity index is 1.57. The first-order chi connectivity index (χ1) is 16.2. The number of halogens is 1. The van der Waals surface area contributed by atoms with Crippen molar-refractivity contribution in [2.45, 2.75) is 52.1 Å². The molecule has 1 heterocycles. The number of piperidine rings is 1. The molecule has 2 amide bonds. The summed E-state index contributed by atoms with van der Waals surface area (Å²) in [5, 5.41) is 15.1. The Kier molecular flexibility index (Phi) is 8.22. The van der Waals surface area contributed by atoms with Crippen LogP contribution >= 0.6 is 11.6 Å². The van der Waals surface area contributed by atoms with E-state index in [1.165, 1.54) is 12.1 Å². The highest BCUT2D eigenvalue weighted by atomic mass is 35.5. The van der Waals surface area contributed by atoms with Gasteiger partial charge in [0.1, 0.15) is 10.8 Å². The Morgan fingerprint density at radius 1 is 1.15 bits per heavy atom. The topological polar surface area (TPSA) is 114 Å². The van der Waals surface area contributed by atoms with Crippen LogP contribution in [0.15, 0.2) is 47.6 Å². The summed E-state index contributed by atoms with van der Waals surface area (Å²) in [5.41, 5.74) is 3.38. The van der Waals surface area contributed by atoms with Gasteiger partial charge in [0, 0.05) is 29.3 Å². The molecule has 1 N–H and O–H groups in total. The summed E-state index contributed by atoms with van der Waals surface area (Å²) in [6, 6.07) is 11.1. The van der Waals surface area contributed by atoms with Crippen LogP contribution in [0.3, 0.4) is 0 Å². The maximum atomic E-state index is 12.6. The number of nitro groups is 1. The van der Waals surface area contributed by atoms with Crippen LogP contribution < -0.4 is 10.2 Å². The van der Waals surface area contributed by atoms with E-state index >= 15 is 0 Å². The molecule has 2 atom stereocenters. The Bertz CT molecular complexity index is 1090. The fourth-order valence-corrected chi connectivity index (χ4v) is 4.16. The van der Waals surface area contributed by atoms with Gasteiger partial charge in [-0.3, -0.25) is 19.7 Å². The lowest BCUT2D eigenvalue weighted by atomic mass is 9.97. The van der Waals surface area contributed by atoms with Crippen molar-refractivity contribution in [3.63, 3.8) is 0 Å². The maximum Gasteiger partial charge on any atom is 0.288 e. The van der Waals surface area contributed by atoms with Crippen molar-refractivity contribution in [1.29, 1.82) is 0 Å². The third kappa shape index (κ3) is 6.11. The van der Waals surface area contributed by atoms with E-state index in [1.54, 1.807) is 37.3 Å². The highest BCUT2D eigenvalue weighted by Gasteiger charge is 2.29. The number of hydrogen-bond acceptors (Lipinski definition) is 6. The first-order valence-electron chi connectivity index (χ1n) is 11.0. The molecule has 2 aromatic carbocycles. The van der Waals surface area contributed by atoms with Gasteiger partial charge in [-0.2, -0.15) is 5.10 Å². The number of hydrogen-bond donors (Lipinski definition) is 1. The quantitative estimate of drug-likeness (QED) is 0.349. The van der Waals surface area contributed by atoms with Crippen LogP contribution in [0.1, 0.15) is 56.0 Å². The molecule has 0 aromatic heterocycles. The van der Waals surface area contributed by atoms with Crippen LogP contribution in [-0.2, 0) is 4.79 Å². The molecule has 0 spiro atoms. The Labute approximate surface area is 202 Å². The van der Waals surface area contributed by atoms with Crippen molar-refractivity contribution >= 4 is 34.8 Å². The van der Waals surface area contributed by atoms with Crippen molar-refractivity contribution in [2.75, 3.05) is 6.61 Å². The second kappa shape index (κ2) is 11.1. The van der Waals surface area contributed by atoms with Crippen LogP contribution in [0, 0.1) is 10.1 Å². The standard InChI is InChI=1S/C24H27ClN4O5/c1-15-5-4-6-16(2)28(15)23(30)14-34-20-10-7-18(8-11-20)24(31)27-26-17(3)19-9-12-21(25)22(13-19)29(32)33/h7-13,15-16H,4-6,14H2,1-3H3,(H,27,31). The Morgan fingerprint density at radius 3 is 2.38 bits per heavy atom. The lowest BCUT2D eigenvalue weighted by Crippen LogP contribution is -2.49. The Hall–Kier alpha value is -3.46. The van der Waals surface area contributed by atoms with Gasteiger partial charge >= 0.3 is 0 Å². The van der Waals surface area contributed by atoms with Gasteiger partial charge in [-0.25, -0.2) is 5.43 Å². The smallest absolute Gasteiger partial charge is 0.288 e. The van der Waals surface area contributed by atoms with Gasteiger partial charge in [-0.05, 0) is 70.4 Å². The zero-order valence-electron chi connectivity index (χ0n) is 19.3. The number of carbonyl (C=O) groups excluding carboxylic acids is 2. The number of nitrogens with one attached hydrogen (secondary N) is 1. The molecule has 3 rings (SSSR count). The number of carbonyl (C=O) groups is 2. The molecule has 0 bridgehead atoms. The third-order valence-electron chi connectivity index (χ3n) is 5.85. The minimum absolute atomic E-state index is 0.0227. The summed E-state index contributed by atoms with van der Waals surface area (Å²) in [4.78, 5) is 37.4. The molecule has 1 aliphatic rings. The molecule has 10 heteroatoms. The third-order valence-corrected chi connectivity index (χ3v) is 6.17. The highest BCUT2D eigenvalue weighted by Crippen LogP contribution is 2.25. The molecular weight excluding hydrogens is 460 g/mol. The van der Waals surface area contributed by atoms with Crippen molar-refractivity contribution in [1.82, 2.24) is 10.3 Å². The minimum atomic E-state index is -0.581. The molecule has 0 aliphatic carbocycles. The Morgan fingerprint density at radius 2 is 1.76 bits per heavy atom. The monoisotopic (exact) mass is 486 g/mol. The summed E-state index contributed by atoms with van der Waals surface area (Å²) in [6.07, 6.45) is 3.12. The van der Waals surface area contributed by atoms with Crippen LogP contribution in [0.4, 0.5) is 5.69 Å².